The van der Waals surface area contributed by atoms with Crippen LogP contribution in [-0.4, -0.2) is 17.8 Å². The van der Waals surface area contributed by atoms with Crippen molar-refractivity contribution in [2.24, 2.45) is 0 Å². The van der Waals surface area contributed by atoms with Crippen molar-refractivity contribution in [1.82, 2.24) is 14.1 Å². The predicted octanol–water partition coefficient (Wildman–Crippen LogP) is 3.12. The number of sulfonamides is 1. The van der Waals surface area contributed by atoms with Gasteiger partial charge in [0.15, 0.2) is 0 Å². The van der Waals surface area contributed by atoms with E-state index in [0.717, 1.165) is 5.65 Å². The van der Waals surface area contributed by atoms with Crippen LogP contribution in [0.5, 0.6) is 0 Å². The quantitative estimate of drug-likeness (QED) is 0.781. The lowest BCUT2D eigenvalue weighted by Crippen LogP contribution is -2.23. The number of rotatable bonds is 4. The van der Waals surface area contributed by atoms with E-state index in [0.29, 0.717) is 10.7 Å². The van der Waals surface area contributed by atoms with Crippen LogP contribution >= 0.6 is 23.2 Å². The summed E-state index contributed by atoms with van der Waals surface area (Å²) in [5.74, 6) is 0. The van der Waals surface area contributed by atoms with Crippen molar-refractivity contribution in [3.63, 3.8) is 0 Å². The van der Waals surface area contributed by atoms with Crippen molar-refractivity contribution >= 4 is 38.9 Å². The molecule has 0 aliphatic rings. The van der Waals surface area contributed by atoms with E-state index in [2.05, 4.69) is 9.71 Å². The standard InChI is InChI=1S/C14H11Cl2N3O2S/c15-10-4-5-12(16)13(7-10)22(20,21)17-8-11-9-19-6-2-1-3-14(19)18-11/h1-7,9,17H,8H2. The summed E-state index contributed by atoms with van der Waals surface area (Å²) >= 11 is 11.8. The Morgan fingerprint density at radius 1 is 1.18 bits per heavy atom. The molecule has 2 aromatic heterocycles. The third-order valence-corrected chi connectivity index (χ3v) is 5.16. The molecular weight excluding hydrogens is 345 g/mol. The number of hydrogen-bond donors (Lipinski definition) is 1. The van der Waals surface area contributed by atoms with E-state index in [1.54, 1.807) is 6.20 Å². The van der Waals surface area contributed by atoms with Gasteiger partial charge in [-0.15, -0.1) is 0 Å². The molecule has 0 fully saturated rings. The van der Waals surface area contributed by atoms with Crippen molar-refractivity contribution in [3.8, 4) is 0 Å². The highest BCUT2D eigenvalue weighted by molar-refractivity contribution is 7.89. The van der Waals surface area contributed by atoms with Crippen molar-refractivity contribution in [3.05, 3.63) is 64.5 Å². The lowest BCUT2D eigenvalue weighted by molar-refractivity contribution is 0.580. The van der Waals surface area contributed by atoms with Gasteiger partial charge in [0.25, 0.3) is 0 Å². The van der Waals surface area contributed by atoms with Gasteiger partial charge in [-0.1, -0.05) is 29.3 Å². The molecule has 1 aromatic carbocycles. The van der Waals surface area contributed by atoms with Crippen LogP contribution in [0, 0.1) is 0 Å². The van der Waals surface area contributed by atoms with Crippen molar-refractivity contribution < 1.29 is 8.42 Å². The Morgan fingerprint density at radius 3 is 2.77 bits per heavy atom. The van der Waals surface area contributed by atoms with E-state index in [1.165, 1.54) is 18.2 Å². The molecule has 0 unspecified atom stereocenters. The molecule has 0 atom stereocenters. The first-order chi connectivity index (χ1) is 10.5. The number of nitrogens with one attached hydrogen (secondary N) is 1. The monoisotopic (exact) mass is 355 g/mol. The molecule has 0 bridgehead atoms. The number of nitrogens with zero attached hydrogens (tertiary/aromatic N) is 2. The van der Waals surface area contributed by atoms with Crippen molar-refractivity contribution in [2.75, 3.05) is 0 Å². The second kappa shape index (κ2) is 5.89. The van der Waals surface area contributed by atoms with Gasteiger partial charge in [-0.3, -0.25) is 0 Å². The molecule has 1 N–H and O–H groups in total. The topological polar surface area (TPSA) is 63.5 Å². The van der Waals surface area contributed by atoms with Crippen LogP contribution < -0.4 is 4.72 Å². The third kappa shape index (κ3) is 3.10. The zero-order chi connectivity index (χ0) is 15.7. The molecule has 114 valence electrons. The highest BCUT2D eigenvalue weighted by Crippen LogP contribution is 2.24. The smallest absolute Gasteiger partial charge is 0.242 e. The van der Waals surface area contributed by atoms with Gasteiger partial charge >= 0.3 is 0 Å². The fourth-order valence-corrected chi connectivity index (χ4v) is 3.76. The molecule has 2 heterocycles. The van der Waals surface area contributed by atoms with E-state index >= 15 is 0 Å². The summed E-state index contributed by atoms with van der Waals surface area (Å²) in [5, 5.41) is 0.421. The molecule has 0 saturated carbocycles. The summed E-state index contributed by atoms with van der Waals surface area (Å²) in [4.78, 5) is 4.28. The summed E-state index contributed by atoms with van der Waals surface area (Å²) in [6, 6.07) is 9.87. The Balaban J connectivity index is 1.84. The second-order valence-corrected chi connectivity index (χ2v) is 7.18. The van der Waals surface area contributed by atoms with E-state index in [-0.39, 0.29) is 16.5 Å². The van der Waals surface area contributed by atoms with E-state index in [9.17, 15) is 8.42 Å². The molecule has 0 aliphatic carbocycles. The second-order valence-electron chi connectivity index (χ2n) is 4.60. The third-order valence-electron chi connectivity index (χ3n) is 3.04. The van der Waals surface area contributed by atoms with Gasteiger partial charge in [-0.2, -0.15) is 0 Å². The Kier molecular flexibility index (Phi) is 4.10. The summed E-state index contributed by atoms with van der Waals surface area (Å²) in [6.45, 7) is 0.0624. The van der Waals surface area contributed by atoms with Crippen LogP contribution in [-0.2, 0) is 16.6 Å². The first-order valence-corrected chi connectivity index (χ1v) is 8.57. The van der Waals surface area contributed by atoms with E-state index < -0.39 is 10.0 Å². The lowest BCUT2D eigenvalue weighted by Gasteiger charge is -2.07. The number of halogens is 2. The average molecular weight is 356 g/mol. The van der Waals surface area contributed by atoms with Gasteiger partial charge in [0.2, 0.25) is 10.0 Å². The van der Waals surface area contributed by atoms with Gasteiger partial charge in [0, 0.05) is 17.4 Å². The summed E-state index contributed by atoms with van der Waals surface area (Å²) in [7, 11) is -3.76. The molecule has 0 saturated heterocycles. The predicted molar refractivity (Wildman–Crippen MR) is 85.7 cm³/mol. The zero-order valence-electron chi connectivity index (χ0n) is 11.2. The van der Waals surface area contributed by atoms with Gasteiger partial charge < -0.3 is 4.40 Å². The van der Waals surface area contributed by atoms with Crippen LogP contribution in [0.2, 0.25) is 10.0 Å². The maximum Gasteiger partial charge on any atom is 0.242 e. The van der Waals surface area contributed by atoms with Gasteiger partial charge in [0.05, 0.1) is 17.3 Å². The van der Waals surface area contributed by atoms with Crippen LogP contribution in [0.1, 0.15) is 5.69 Å². The molecule has 0 aliphatic heterocycles. The van der Waals surface area contributed by atoms with Crippen molar-refractivity contribution in [2.45, 2.75) is 11.4 Å². The minimum Gasteiger partial charge on any atom is -0.307 e. The fourth-order valence-electron chi connectivity index (χ4n) is 2.00. The Labute approximate surface area is 137 Å². The number of benzene rings is 1. The maximum atomic E-state index is 12.3. The van der Waals surface area contributed by atoms with Gasteiger partial charge in [-0.05, 0) is 30.3 Å². The first-order valence-electron chi connectivity index (χ1n) is 6.33. The summed E-state index contributed by atoms with van der Waals surface area (Å²) in [6.07, 6.45) is 3.60. The molecule has 22 heavy (non-hydrogen) atoms. The number of fused-ring (bicyclic) bond motifs is 1. The van der Waals surface area contributed by atoms with Crippen LogP contribution in [0.4, 0.5) is 0 Å². The summed E-state index contributed by atoms with van der Waals surface area (Å²) < 4.78 is 28.9. The van der Waals surface area contributed by atoms with Crippen LogP contribution in [0.25, 0.3) is 5.65 Å². The molecule has 0 spiro atoms. The van der Waals surface area contributed by atoms with E-state index in [1.807, 2.05) is 28.8 Å². The largest absolute Gasteiger partial charge is 0.307 e. The number of hydrogen-bond acceptors (Lipinski definition) is 3. The zero-order valence-corrected chi connectivity index (χ0v) is 13.5. The molecule has 0 amide bonds. The van der Waals surface area contributed by atoms with Crippen LogP contribution in [0.15, 0.2) is 53.7 Å². The molecule has 3 aromatic rings. The SMILES string of the molecule is O=S(=O)(NCc1cn2ccccc2n1)c1cc(Cl)ccc1Cl. The molecule has 3 rings (SSSR count). The van der Waals surface area contributed by atoms with Crippen molar-refractivity contribution in [1.29, 1.82) is 0 Å². The Morgan fingerprint density at radius 2 is 2.00 bits per heavy atom. The number of pyridine rings is 1. The number of aromatic nitrogens is 2. The number of imidazole rings is 1. The van der Waals surface area contributed by atoms with Crippen LogP contribution in [0.3, 0.4) is 0 Å². The Bertz CT molecular complexity index is 905. The molecule has 5 nitrogen and oxygen atoms in total. The highest BCUT2D eigenvalue weighted by atomic mass is 35.5. The highest BCUT2D eigenvalue weighted by Gasteiger charge is 2.18. The lowest BCUT2D eigenvalue weighted by atomic mass is 10.4. The van der Waals surface area contributed by atoms with Gasteiger partial charge in [-0.25, -0.2) is 18.1 Å². The normalized spacial score (nSPS) is 11.9. The van der Waals surface area contributed by atoms with Gasteiger partial charge in [0.1, 0.15) is 10.5 Å². The van der Waals surface area contributed by atoms with E-state index in [4.69, 9.17) is 23.2 Å². The minimum atomic E-state index is -3.76. The molecular formula is C14H11Cl2N3O2S. The first kappa shape index (κ1) is 15.3. The average Bonchev–Trinajstić information content (AvgIpc) is 2.90. The molecule has 0 radical (unpaired) electrons. The summed E-state index contributed by atoms with van der Waals surface area (Å²) in [5.41, 5.74) is 1.35. The maximum absolute atomic E-state index is 12.3. The molecule has 8 heteroatoms. The fraction of sp³-hybridized carbons (Fsp3) is 0.0714. The minimum absolute atomic E-state index is 0.0505. The Hall–Kier alpha value is -1.60.